The zero-order valence-electron chi connectivity index (χ0n) is 8.44. The topological polar surface area (TPSA) is 32.9 Å². The normalized spacial score (nSPS) is 15.5. The summed E-state index contributed by atoms with van der Waals surface area (Å²) in [6, 6.07) is 3.59. The van der Waals surface area contributed by atoms with Crippen LogP contribution in [0, 0.1) is 0 Å². The predicted molar refractivity (Wildman–Crippen MR) is 65.4 cm³/mol. The van der Waals surface area contributed by atoms with Crippen LogP contribution in [0.2, 0.25) is 10.0 Å². The highest BCUT2D eigenvalue weighted by molar-refractivity contribution is 6.38. The Balaban J connectivity index is 2.34. The lowest BCUT2D eigenvalue weighted by Crippen LogP contribution is -2.11. The number of H-pyrrole nitrogens is 1. The number of carbonyl (C=O) groups is 1. The minimum Gasteiger partial charge on any atom is -0.357 e. The number of hydrogen-bond donors (Lipinski definition) is 1. The van der Waals surface area contributed by atoms with E-state index in [0.29, 0.717) is 22.9 Å². The van der Waals surface area contributed by atoms with Gasteiger partial charge in [-0.05, 0) is 24.1 Å². The van der Waals surface area contributed by atoms with E-state index in [2.05, 4.69) is 4.98 Å². The smallest absolute Gasteiger partial charge is 0.137 e. The SMILES string of the molecule is O=C1CCc2[nH]c3c(Cl)cc(Cl)cc3c2C1. The first-order chi connectivity index (χ1) is 7.65. The van der Waals surface area contributed by atoms with Crippen molar-refractivity contribution in [2.75, 3.05) is 0 Å². The van der Waals surface area contributed by atoms with Crippen LogP contribution in [0.15, 0.2) is 12.1 Å². The van der Waals surface area contributed by atoms with Crippen molar-refractivity contribution in [1.29, 1.82) is 0 Å². The van der Waals surface area contributed by atoms with Crippen molar-refractivity contribution in [2.24, 2.45) is 0 Å². The summed E-state index contributed by atoms with van der Waals surface area (Å²) >= 11 is 12.1. The number of halogens is 2. The first kappa shape index (κ1) is 10.2. The van der Waals surface area contributed by atoms with Crippen LogP contribution in [0.5, 0.6) is 0 Å². The van der Waals surface area contributed by atoms with Crippen LogP contribution in [-0.4, -0.2) is 10.8 Å². The van der Waals surface area contributed by atoms with E-state index in [1.165, 1.54) is 0 Å². The molecule has 0 unspecified atom stereocenters. The average molecular weight is 254 g/mol. The number of aromatic amines is 1. The molecule has 0 amide bonds. The summed E-state index contributed by atoms with van der Waals surface area (Å²) in [5, 5.41) is 2.21. The molecule has 1 aliphatic carbocycles. The highest BCUT2D eigenvalue weighted by Crippen LogP contribution is 2.34. The Kier molecular flexibility index (Phi) is 2.23. The largest absolute Gasteiger partial charge is 0.357 e. The zero-order chi connectivity index (χ0) is 11.3. The van der Waals surface area contributed by atoms with Crippen molar-refractivity contribution in [3.05, 3.63) is 33.4 Å². The van der Waals surface area contributed by atoms with E-state index in [-0.39, 0.29) is 5.78 Å². The van der Waals surface area contributed by atoms with Crippen molar-refractivity contribution in [2.45, 2.75) is 19.3 Å². The molecule has 0 atom stereocenters. The minimum atomic E-state index is 0.282. The zero-order valence-corrected chi connectivity index (χ0v) is 9.95. The van der Waals surface area contributed by atoms with Crippen LogP contribution < -0.4 is 0 Å². The molecule has 3 rings (SSSR count). The second kappa shape index (κ2) is 3.51. The Labute approximate surface area is 103 Å². The van der Waals surface area contributed by atoms with E-state index in [4.69, 9.17) is 23.2 Å². The molecule has 4 heteroatoms. The van der Waals surface area contributed by atoms with Crippen LogP contribution in [0.1, 0.15) is 17.7 Å². The molecule has 1 heterocycles. The molecule has 0 radical (unpaired) electrons. The Bertz CT molecular complexity index is 601. The van der Waals surface area contributed by atoms with E-state index in [9.17, 15) is 4.79 Å². The number of carbonyl (C=O) groups excluding carboxylic acids is 1. The third kappa shape index (κ3) is 1.45. The van der Waals surface area contributed by atoms with Crippen LogP contribution in [0.3, 0.4) is 0 Å². The number of ketones is 1. The van der Waals surface area contributed by atoms with Gasteiger partial charge in [-0.2, -0.15) is 0 Å². The molecular formula is C12H9Cl2NO. The van der Waals surface area contributed by atoms with Gasteiger partial charge in [0.1, 0.15) is 5.78 Å². The lowest BCUT2D eigenvalue weighted by Gasteiger charge is -2.09. The maximum absolute atomic E-state index is 11.5. The molecule has 0 spiro atoms. The number of fused-ring (bicyclic) bond motifs is 3. The molecule has 2 aromatic rings. The van der Waals surface area contributed by atoms with Gasteiger partial charge in [-0.1, -0.05) is 23.2 Å². The van der Waals surface area contributed by atoms with Crippen molar-refractivity contribution < 1.29 is 4.79 Å². The summed E-state index contributed by atoms with van der Waals surface area (Å²) in [6.07, 6.45) is 1.88. The van der Waals surface area contributed by atoms with Gasteiger partial charge in [0, 0.05) is 28.9 Å². The van der Waals surface area contributed by atoms with Gasteiger partial charge in [-0.3, -0.25) is 4.79 Å². The summed E-state index contributed by atoms with van der Waals surface area (Å²) in [4.78, 5) is 14.7. The first-order valence-corrected chi connectivity index (χ1v) is 5.91. The maximum atomic E-state index is 11.5. The number of benzene rings is 1. The monoisotopic (exact) mass is 253 g/mol. The van der Waals surface area contributed by atoms with Gasteiger partial charge in [-0.25, -0.2) is 0 Å². The van der Waals surface area contributed by atoms with Gasteiger partial charge < -0.3 is 4.98 Å². The van der Waals surface area contributed by atoms with Crippen LogP contribution >= 0.6 is 23.2 Å². The molecule has 1 aromatic heterocycles. The average Bonchev–Trinajstić information content (AvgIpc) is 2.57. The molecule has 2 nitrogen and oxygen atoms in total. The minimum absolute atomic E-state index is 0.282. The summed E-state index contributed by atoms with van der Waals surface area (Å²) in [5.41, 5.74) is 3.08. The van der Waals surface area contributed by atoms with Crippen molar-refractivity contribution in [3.63, 3.8) is 0 Å². The molecule has 16 heavy (non-hydrogen) atoms. The fraction of sp³-hybridized carbons (Fsp3) is 0.250. The first-order valence-electron chi connectivity index (χ1n) is 5.15. The highest BCUT2D eigenvalue weighted by Gasteiger charge is 2.21. The van der Waals surface area contributed by atoms with Gasteiger partial charge in [0.05, 0.1) is 10.5 Å². The lowest BCUT2D eigenvalue weighted by molar-refractivity contribution is -0.118. The molecule has 1 aromatic carbocycles. The highest BCUT2D eigenvalue weighted by atomic mass is 35.5. The van der Waals surface area contributed by atoms with E-state index in [0.717, 1.165) is 28.6 Å². The molecule has 1 aliphatic rings. The van der Waals surface area contributed by atoms with Gasteiger partial charge in [0.2, 0.25) is 0 Å². The Morgan fingerprint density at radius 1 is 1.19 bits per heavy atom. The molecule has 0 saturated heterocycles. The third-order valence-corrected chi connectivity index (χ3v) is 3.56. The fourth-order valence-electron chi connectivity index (χ4n) is 2.29. The van der Waals surface area contributed by atoms with Crippen molar-refractivity contribution in [1.82, 2.24) is 4.98 Å². The Morgan fingerprint density at radius 3 is 2.81 bits per heavy atom. The molecule has 0 aliphatic heterocycles. The van der Waals surface area contributed by atoms with Gasteiger partial charge in [0.25, 0.3) is 0 Å². The molecule has 0 bridgehead atoms. The number of aromatic nitrogens is 1. The number of Topliss-reactive ketones (excluding diaryl/α,β-unsaturated/α-hetero) is 1. The Morgan fingerprint density at radius 2 is 2.00 bits per heavy atom. The van der Waals surface area contributed by atoms with E-state index in [1.807, 2.05) is 6.07 Å². The van der Waals surface area contributed by atoms with Crippen LogP contribution in [0.25, 0.3) is 10.9 Å². The number of hydrogen-bond acceptors (Lipinski definition) is 1. The molecule has 0 saturated carbocycles. The molecule has 82 valence electrons. The lowest BCUT2D eigenvalue weighted by atomic mass is 9.95. The van der Waals surface area contributed by atoms with Crippen molar-refractivity contribution >= 4 is 39.9 Å². The van der Waals surface area contributed by atoms with Crippen LogP contribution in [-0.2, 0) is 17.6 Å². The summed E-state index contributed by atoms with van der Waals surface area (Å²) in [5.74, 6) is 0.282. The summed E-state index contributed by atoms with van der Waals surface area (Å²) in [6.45, 7) is 0. The van der Waals surface area contributed by atoms with Gasteiger partial charge >= 0.3 is 0 Å². The second-order valence-corrected chi connectivity index (χ2v) is 4.95. The summed E-state index contributed by atoms with van der Waals surface area (Å²) < 4.78 is 0. The van der Waals surface area contributed by atoms with E-state index >= 15 is 0 Å². The van der Waals surface area contributed by atoms with E-state index < -0.39 is 0 Å². The second-order valence-electron chi connectivity index (χ2n) is 4.11. The number of nitrogens with one attached hydrogen (secondary N) is 1. The fourth-order valence-corrected chi connectivity index (χ4v) is 2.83. The molecule has 1 N–H and O–H groups in total. The number of aryl methyl sites for hydroxylation is 1. The van der Waals surface area contributed by atoms with Gasteiger partial charge in [0.15, 0.2) is 0 Å². The maximum Gasteiger partial charge on any atom is 0.137 e. The van der Waals surface area contributed by atoms with E-state index in [1.54, 1.807) is 6.07 Å². The Hall–Kier alpha value is -0.990. The van der Waals surface area contributed by atoms with Crippen molar-refractivity contribution in [3.8, 4) is 0 Å². The molecular weight excluding hydrogens is 245 g/mol. The third-order valence-electron chi connectivity index (χ3n) is 3.05. The molecule has 0 fully saturated rings. The predicted octanol–water partition coefficient (Wildman–Crippen LogP) is 3.53. The number of rotatable bonds is 0. The summed E-state index contributed by atoms with van der Waals surface area (Å²) in [7, 11) is 0. The standard InChI is InChI=1S/C12H9Cl2NO/c13-6-3-9-8-5-7(16)1-2-11(8)15-12(9)10(14)4-6/h3-4,15H,1-2,5H2. The van der Waals surface area contributed by atoms with Gasteiger partial charge in [-0.15, -0.1) is 0 Å². The quantitative estimate of drug-likeness (QED) is 0.766. The van der Waals surface area contributed by atoms with Crippen LogP contribution in [0.4, 0.5) is 0 Å².